The number of aliphatic imine (C=N–C) groups is 1. The van der Waals surface area contributed by atoms with Gasteiger partial charge in [0, 0.05) is 43.7 Å². The van der Waals surface area contributed by atoms with Crippen LogP contribution in [-0.4, -0.2) is 79.3 Å². The first-order valence-electron chi connectivity index (χ1n) is 14.5. The minimum atomic E-state index is -1.14. The maximum absolute atomic E-state index is 12.9. The minimum Gasteiger partial charge on any atom is -0.476 e. The van der Waals surface area contributed by atoms with Crippen molar-refractivity contribution in [1.82, 2.24) is 15.6 Å². The molecule has 1 unspecified atom stereocenters. The van der Waals surface area contributed by atoms with Gasteiger partial charge in [-0.1, -0.05) is 6.92 Å². The molecule has 0 saturated heterocycles. The van der Waals surface area contributed by atoms with E-state index in [4.69, 9.17) is 10.8 Å². The Morgan fingerprint density at radius 3 is 2.36 bits per heavy atom. The Hall–Kier alpha value is -3.79. The highest BCUT2D eigenvalue weighted by Gasteiger charge is 2.50. The van der Waals surface area contributed by atoms with Gasteiger partial charge in [0.05, 0.1) is 35.9 Å². The number of nitrogens with zero attached hydrogens (tertiary/aromatic N) is 2. The first-order valence-corrected chi connectivity index (χ1v) is 16.4. The second kappa shape index (κ2) is 16.0. The van der Waals surface area contributed by atoms with Crippen LogP contribution in [0.15, 0.2) is 10.4 Å². The van der Waals surface area contributed by atoms with E-state index >= 15 is 0 Å². The lowest BCUT2D eigenvalue weighted by Crippen LogP contribution is -2.44. The number of hydrogen-bond acceptors (Lipinski definition) is 12. The average Bonchev–Trinajstić information content (AvgIpc) is 3.32. The van der Waals surface area contributed by atoms with E-state index in [0.717, 1.165) is 5.04 Å². The summed E-state index contributed by atoms with van der Waals surface area (Å²) in [6.45, 7) is 2.96. The normalized spacial score (nSPS) is 17.8. The highest BCUT2D eigenvalue weighted by Crippen LogP contribution is 2.38. The lowest BCUT2D eigenvalue weighted by atomic mass is 9.93. The summed E-state index contributed by atoms with van der Waals surface area (Å²) in [4.78, 5) is 105. The van der Waals surface area contributed by atoms with Crippen molar-refractivity contribution in [2.75, 3.05) is 5.75 Å². The summed E-state index contributed by atoms with van der Waals surface area (Å²) in [7, 11) is 0. The van der Waals surface area contributed by atoms with Crippen molar-refractivity contribution < 1.29 is 43.5 Å². The van der Waals surface area contributed by atoms with Gasteiger partial charge in [0.2, 0.25) is 17.7 Å². The van der Waals surface area contributed by atoms with Crippen molar-refractivity contribution in [3.63, 3.8) is 0 Å². The largest absolute Gasteiger partial charge is 0.476 e. The third-order valence-electron chi connectivity index (χ3n) is 7.37. The molecule has 45 heavy (non-hydrogen) atoms. The zero-order chi connectivity index (χ0) is 33.3. The summed E-state index contributed by atoms with van der Waals surface area (Å²) < 4.78 is 0. The molecule has 244 valence electrons. The molecule has 1 aliphatic carbocycles. The van der Waals surface area contributed by atoms with Crippen LogP contribution in [-0.2, 0) is 33.6 Å². The molecule has 14 nitrogen and oxygen atoms in total. The lowest BCUT2D eigenvalue weighted by Gasteiger charge is -2.18. The zero-order valence-electron chi connectivity index (χ0n) is 25.1. The highest BCUT2D eigenvalue weighted by molar-refractivity contribution is 8.14. The molecular formula is C29H37N5O9S2. The first-order chi connectivity index (χ1) is 21.2. The van der Waals surface area contributed by atoms with E-state index in [0.29, 0.717) is 36.4 Å². The smallest absolute Gasteiger partial charge is 0.355 e. The van der Waals surface area contributed by atoms with E-state index in [1.165, 1.54) is 35.4 Å². The summed E-state index contributed by atoms with van der Waals surface area (Å²) in [5.74, 6) is -4.00. The molecule has 16 heteroatoms. The van der Waals surface area contributed by atoms with Crippen LogP contribution in [0.4, 0.5) is 0 Å². The van der Waals surface area contributed by atoms with Crippen molar-refractivity contribution in [1.29, 1.82) is 0 Å². The number of carboxylic acid groups (broad SMARTS) is 1. The van der Waals surface area contributed by atoms with Gasteiger partial charge in [-0.05, 0) is 25.2 Å². The number of thiazole rings is 1. The van der Waals surface area contributed by atoms with Crippen molar-refractivity contribution in [3.05, 3.63) is 16.1 Å². The quantitative estimate of drug-likeness (QED) is 0.147. The van der Waals surface area contributed by atoms with Gasteiger partial charge in [0.15, 0.2) is 17.3 Å². The van der Waals surface area contributed by atoms with Crippen molar-refractivity contribution >= 4 is 75.0 Å². The predicted octanol–water partition coefficient (Wildman–Crippen LogP) is 1.70. The van der Waals surface area contributed by atoms with Crippen LogP contribution in [0.3, 0.4) is 0 Å². The number of carboxylic acids is 1. The van der Waals surface area contributed by atoms with Gasteiger partial charge in [0.1, 0.15) is 22.6 Å². The Kier molecular flexibility index (Phi) is 12.7. The number of carbonyl (C=O) groups is 8. The molecule has 2 aliphatic rings. The number of aromatic nitrogens is 1. The molecule has 1 aliphatic heterocycles. The SMILES string of the molecule is CC(=O)N[C@H](CC(N)=O)C(=O)CC(C)CCC(=O)CC(=O)NC1(C(=O)CC(=O)CCC2=N[C@H](c3nc(C(=O)O)cs3)CS2)CC1. The van der Waals surface area contributed by atoms with Crippen molar-refractivity contribution in [3.8, 4) is 0 Å². The van der Waals surface area contributed by atoms with E-state index in [1.54, 1.807) is 6.92 Å². The van der Waals surface area contributed by atoms with Crippen LogP contribution < -0.4 is 16.4 Å². The predicted molar refractivity (Wildman–Crippen MR) is 165 cm³/mol. The second-order valence-corrected chi connectivity index (χ2v) is 13.4. The topological polar surface area (TPSA) is 232 Å². The molecule has 0 bridgehead atoms. The molecular weight excluding hydrogens is 626 g/mol. The summed E-state index contributed by atoms with van der Waals surface area (Å²) in [5.41, 5.74) is 3.99. The number of aromatic carboxylic acids is 1. The number of amides is 3. The van der Waals surface area contributed by atoms with Gasteiger partial charge in [0.25, 0.3) is 0 Å². The Morgan fingerprint density at radius 1 is 1.07 bits per heavy atom. The highest BCUT2D eigenvalue weighted by atomic mass is 32.2. The molecule has 1 fully saturated rings. The van der Waals surface area contributed by atoms with E-state index in [1.807, 2.05) is 0 Å². The van der Waals surface area contributed by atoms with Gasteiger partial charge in [-0.2, -0.15) is 0 Å². The Bertz CT molecular complexity index is 1390. The third-order valence-corrected chi connectivity index (χ3v) is 9.44. The summed E-state index contributed by atoms with van der Waals surface area (Å²) in [6.07, 6.45) is 0.444. The van der Waals surface area contributed by atoms with Gasteiger partial charge in [-0.3, -0.25) is 38.6 Å². The van der Waals surface area contributed by atoms with E-state index < -0.39 is 47.5 Å². The first kappa shape index (κ1) is 35.7. The lowest BCUT2D eigenvalue weighted by molar-refractivity contribution is -0.134. The van der Waals surface area contributed by atoms with E-state index in [2.05, 4.69) is 20.6 Å². The summed E-state index contributed by atoms with van der Waals surface area (Å²) >= 11 is 2.69. The van der Waals surface area contributed by atoms with Gasteiger partial charge >= 0.3 is 5.97 Å². The molecule has 2 heterocycles. The monoisotopic (exact) mass is 663 g/mol. The van der Waals surface area contributed by atoms with Crippen LogP contribution in [0.5, 0.6) is 0 Å². The second-order valence-electron chi connectivity index (χ2n) is 11.4. The Labute approximate surface area is 267 Å². The number of ketones is 4. The third kappa shape index (κ3) is 11.3. The number of nitrogens with two attached hydrogens (primary N) is 1. The number of rotatable bonds is 20. The molecule has 0 radical (unpaired) electrons. The maximum Gasteiger partial charge on any atom is 0.355 e. The van der Waals surface area contributed by atoms with Crippen molar-refractivity contribution in [2.45, 2.75) is 95.7 Å². The van der Waals surface area contributed by atoms with E-state index in [-0.39, 0.29) is 67.1 Å². The van der Waals surface area contributed by atoms with Gasteiger partial charge < -0.3 is 21.5 Å². The molecule has 5 N–H and O–H groups in total. The molecule has 1 saturated carbocycles. The molecule has 3 atom stereocenters. The number of thioether (sulfide) groups is 1. The number of carbonyl (C=O) groups excluding carboxylic acids is 7. The van der Waals surface area contributed by atoms with Crippen LogP contribution in [0.1, 0.15) is 99.6 Å². The van der Waals surface area contributed by atoms with Crippen molar-refractivity contribution in [2.24, 2.45) is 16.6 Å². The van der Waals surface area contributed by atoms with Gasteiger partial charge in [-0.15, -0.1) is 23.1 Å². The maximum atomic E-state index is 12.9. The van der Waals surface area contributed by atoms with E-state index in [9.17, 15) is 38.4 Å². The Balaban J connectivity index is 1.37. The molecule has 1 aromatic rings. The minimum absolute atomic E-state index is 0.00936. The summed E-state index contributed by atoms with van der Waals surface area (Å²) in [6, 6.07) is -1.30. The number of nitrogens with one attached hydrogen (secondary N) is 2. The average molecular weight is 664 g/mol. The zero-order valence-corrected chi connectivity index (χ0v) is 26.7. The van der Waals surface area contributed by atoms with Crippen LogP contribution in [0.2, 0.25) is 0 Å². The Morgan fingerprint density at radius 2 is 1.76 bits per heavy atom. The van der Waals surface area contributed by atoms with Crippen LogP contribution in [0, 0.1) is 5.92 Å². The fourth-order valence-electron chi connectivity index (χ4n) is 4.77. The number of hydrogen-bond donors (Lipinski definition) is 4. The fourth-order valence-corrected chi connectivity index (χ4v) is 6.74. The van der Waals surface area contributed by atoms with Gasteiger partial charge in [-0.25, -0.2) is 9.78 Å². The molecule has 0 spiro atoms. The fraction of sp³-hybridized carbons (Fsp3) is 0.586. The molecule has 3 rings (SSSR count). The standard InChI is InChI=1S/C29H37N5O9S2/c1-15(9-22(38)19(12-24(30)40)31-16(2)35)3-4-18(37)11-25(41)34-29(7-8-29)23(39)10-17(36)5-6-26-32-20(13-44-26)27-33-21(14-45-27)28(42)43/h14-15,19-20H,3-13H2,1-2H3,(H2,30,40)(H,31,35)(H,34,41)(H,42,43)/t15?,19-,20+/m1/s1. The van der Waals surface area contributed by atoms with Crippen LogP contribution >= 0.6 is 23.1 Å². The molecule has 0 aromatic carbocycles. The molecule has 3 amide bonds. The number of Topliss-reactive ketones (excluding diaryl/α,β-unsaturated/α-hetero) is 4. The summed E-state index contributed by atoms with van der Waals surface area (Å²) in [5, 5.41) is 16.9. The molecule has 1 aromatic heterocycles. The van der Waals surface area contributed by atoms with Crippen LogP contribution in [0.25, 0.3) is 0 Å². The number of primary amides is 1.